The van der Waals surface area contributed by atoms with Gasteiger partial charge < -0.3 is 9.88 Å². The molecule has 0 radical (unpaired) electrons. The monoisotopic (exact) mass is 531 g/mol. The molecule has 36 heavy (non-hydrogen) atoms. The number of aromatic nitrogens is 4. The molecular formula is C26H21N5O2S3. The molecule has 0 aliphatic carbocycles. The fourth-order valence-electron chi connectivity index (χ4n) is 3.49. The van der Waals surface area contributed by atoms with E-state index < -0.39 is 0 Å². The van der Waals surface area contributed by atoms with Gasteiger partial charge in [0, 0.05) is 18.2 Å². The van der Waals surface area contributed by atoms with Crippen molar-refractivity contribution in [2.75, 3.05) is 11.1 Å². The number of carbonyl (C=O) groups excluding carboxylic acids is 2. The van der Waals surface area contributed by atoms with Gasteiger partial charge in [0.05, 0.1) is 27.4 Å². The Bertz CT molecular complexity index is 1500. The summed E-state index contributed by atoms with van der Waals surface area (Å²) in [6, 6.07) is 24.1. The van der Waals surface area contributed by atoms with Crippen LogP contribution >= 0.6 is 34.9 Å². The number of anilines is 1. The molecule has 0 atom stereocenters. The number of carbonyl (C=O) groups is 2. The maximum absolute atomic E-state index is 12.9. The van der Waals surface area contributed by atoms with Crippen LogP contribution in [0.4, 0.5) is 5.69 Å². The van der Waals surface area contributed by atoms with Gasteiger partial charge in [-0.1, -0.05) is 78.1 Å². The maximum atomic E-state index is 12.9. The van der Waals surface area contributed by atoms with Gasteiger partial charge in [-0.3, -0.25) is 9.59 Å². The quantitative estimate of drug-likeness (QED) is 0.193. The molecule has 0 spiro atoms. The molecule has 7 nitrogen and oxygen atoms in total. The summed E-state index contributed by atoms with van der Waals surface area (Å²) in [4.78, 5) is 30.3. The number of para-hydroxylation sites is 2. The van der Waals surface area contributed by atoms with Crippen molar-refractivity contribution in [1.82, 2.24) is 19.7 Å². The lowest BCUT2D eigenvalue weighted by Crippen LogP contribution is -2.17. The lowest BCUT2D eigenvalue weighted by Gasteiger charge is -2.10. The highest BCUT2D eigenvalue weighted by molar-refractivity contribution is 8.00. The first-order valence-electron chi connectivity index (χ1n) is 11.1. The number of amides is 1. The highest BCUT2D eigenvalue weighted by atomic mass is 32.2. The third-order valence-electron chi connectivity index (χ3n) is 5.34. The van der Waals surface area contributed by atoms with Crippen LogP contribution in [-0.2, 0) is 17.6 Å². The van der Waals surface area contributed by atoms with E-state index in [4.69, 9.17) is 0 Å². The maximum Gasteiger partial charge on any atom is 0.234 e. The van der Waals surface area contributed by atoms with E-state index in [1.807, 2.05) is 48.0 Å². The van der Waals surface area contributed by atoms with Crippen LogP contribution in [0.3, 0.4) is 0 Å². The van der Waals surface area contributed by atoms with Crippen LogP contribution in [0, 0.1) is 0 Å². The van der Waals surface area contributed by atoms with Gasteiger partial charge in [-0.2, -0.15) is 0 Å². The van der Waals surface area contributed by atoms with Crippen LogP contribution in [0.5, 0.6) is 0 Å². The predicted octanol–water partition coefficient (Wildman–Crippen LogP) is 5.68. The summed E-state index contributed by atoms with van der Waals surface area (Å²) in [5.74, 6) is 1.22. The summed E-state index contributed by atoms with van der Waals surface area (Å²) in [6.45, 7) is 0. The van der Waals surface area contributed by atoms with E-state index in [1.165, 1.54) is 11.8 Å². The highest BCUT2D eigenvalue weighted by Crippen LogP contribution is 2.31. The third kappa shape index (κ3) is 5.51. The molecule has 2 aromatic heterocycles. The van der Waals surface area contributed by atoms with Gasteiger partial charge in [-0.25, -0.2) is 4.98 Å². The van der Waals surface area contributed by atoms with E-state index in [2.05, 4.69) is 26.6 Å². The molecule has 10 heteroatoms. The zero-order chi connectivity index (χ0) is 24.9. The minimum Gasteiger partial charge on any atom is -0.325 e. The van der Waals surface area contributed by atoms with E-state index in [9.17, 15) is 9.59 Å². The summed E-state index contributed by atoms with van der Waals surface area (Å²) < 4.78 is 4.04. The number of rotatable bonds is 9. The van der Waals surface area contributed by atoms with Gasteiger partial charge in [-0.05, 0) is 24.3 Å². The number of hydrogen-bond donors (Lipinski definition) is 1. The lowest BCUT2D eigenvalue weighted by atomic mass is 10.0. The van der Waals surface area contributed by atoms with Crippen molar-refractivity contribution in [3.63, 3.8) is 0 Å². The van der Waals surface area contributed by atoms with Crippen molar-refractivity contribution < 1.29 is 9.59 Å². The highest BCUT2D eigenvalue weighted by Gasteiger charge is 2.16. The molecule has 3 aromatic carbocycles. The SMILES string of the molecule is Cn1c(CSc2nc3ccccc3s2)nnc1SCC(=O)Nc1ccccc1C(=O)c1ccccc1. The van der Waals surface area contributed by atoms with E-state index in [1.54, 1.807) is 59.5 Å². The number of thiazole rings is 1. The molecule has 0 fully saturated rings. The van der Waals surface area contributed by atoms with Gasteiger partial charge in [0.25, 0.3) is 0 Å². The minimum absolute atomic E-state index is 0.136. The van der Waals surface area contributed by atoms with Crippen LogP contribution in [0.25, 0.3) is 10.2 Å². The van der Waals surface area contributed by atoms with Crippen molar-refractivity contribution in [2.45, 2.75) is 15.2 Å². The normalized spacial score (nSPS) is 11.0. The molecule has 2 heterocycles. The molecule has 1 N–H and O–H groups in total. The van der Waals surface area contributed by atoms with Crippen LogP contribution in [0.15, 0.2) is 88.4 Å². The van der Waals surface area contributed by atoms with Gasteiger partial charge in [0.1, 0.15) is 5.82 Å². The molecule has 1 amide bonds. The minimum atomic E-state index is -0.221. The van der Waals surface area contributed by atoms with Gasteiger partial charge >= 0.3 is 0 Å². The molecule has 0 saturated carbocycles. The average Bonchev–Trinajstić information content (AvgIpc) is 3.49. The molecule has 0 aliphatic rings. The standard InChI is InChI=1S/C26H21N5O2S3/c1-31-22(15-35-26-28-20-13-7-8-14-21(20)36-26)29-30-25(31)34-16-23(32)27-19-12-6-5-11-18(19)24(33)17-9-3-2-4-10-17/h2-14H,15-16H2,1H3,(H,27,32). The molecule has 0 unspecified atom stereocenters. The number of fused-ring (bicyclic) bond motifs is 1. The largest absolute Gasteiger partial charge is 0.325 e. The number of benzene rings is 3. The van der Waals surface area contributed by atoms with Crippen LogP contribution < -0.4 is 5.32 Å². The van der Waals surface area contributed by atoms with E-state index in [0.29, 0.717) is 27.7 Å². The number of nitrogens with one attached hydrogen (secondary N) is 1. The number of thioether (sulfide) groups is 2. The number of nitrogens with zero attached hydrogens (tertiary/aromatic N) is 4. The third-order valence-corrected chi connectivity index (χ3v) is 8.53. The number of ketones is 1. The molecule has 5 aromatic rings. The molecule has 0 saturated heterocycles. The lowest BCUT2D eigenvalue weighted by molar-refractivity contribution is -0.113. The topological polar surface area (TPSA) is 89.8 Å². The second kappa shape index (κ2) is 11.1. The summed E-state index contributed by atoms with van der Waals surface area (Å²) in [5.41, 5.74) is 2.51. The predicted molar refractivity (Wildman–Crippen MR) is 146 cm³/mol. The fraction of sp³-hybridized carbons (Fsp3) is 0.115. The van der Waals surface area contributed by atoms with Gasteiger partial charge in [-0.15, -0.1) is 21.5 Å². The first kappa shape index (κ1) is 24.2. The van der Waals surface area contributed by atoms with Crippen molar-refractivity contribution in [1.29, 1.82) is 0 Å². The fourth-order valence-corrected chi connectivity index (χ4v) is 6.26. The van der Waals surface area contributed by atoms with Crippen LogP contribution in [-0.4, -0.2) is 37.2 Å². The van der Waals surface area contributed by atoms with Crippen molar-refractivity contribution in [2.24, 2.45) is 7.05 Å². The van der Waals surface area contributed by atoms with E-state index in [-0.39, 0.29) is 17.4 Å². The van der Waals surface area contributed by atoms with Gasteiger partial charge in [0.15, 0.2) is 15.3 Å². The summed E-state index contributed by atoms with van der Waals surface area (Å²) in [7, 11) is 1.89. The Kier molecular flexibility index (Phi) is 7.45. The average molecular weight is 532 g/mol. The Hall–Kier alpha value is -3.47. The van der Waals surface area contributed by atoms with E-state index >= 15 is 0 Å². The van der Waals surface area contributed by atoms with Crippen molar-refractivity contribution in [3.8, 4) is 0 Å². The first-order chi connectivity index (χ1) is 17.6. The molecule has 0 aliphatic heterocycles. The smallest absolute Gasteiger partial charge is 0.234 e. The first-order valence-corrected chi connectivity index (χ1v) is 13.9. The van der Waals surface area contributed by atoms with Crippen molar-refractivity contribution in [3.05, 3.63) is 95.8 Å². The van der Waals surface area contributed by atoms with Gasteiger partial charge in [0.2, 0.25) is 5.91 Å². The molecular weight excluding hydrogens is 511 g/mol. The Morgan fingerprint density at radius 1 is 0.917 bits per heavy atom. The van der Waals surface area contributed by atoms with Crippen LogP contribution in [0.2, 0.25) is 0 Å². The van der Waals surface area contributed by atoms with Crippen LogP contribution in [0.1, 0.15) is 21.7 Å². The Morgan fingerprint density at radius 3 is 2.50 bits per heavy atom. The Balaban J connectivity index is 1.19. The second-order valence-electron chi connectivity index (χ2n) is 7.77. The summed E-state index contributed by atoms with van der Waals surface area (Å²) in [6.07, 6.45) is 0. The zero-order valence-corrected chi connectivity index (χ0v) is 21.7. The zero-order valence-electron chi connectivity index (χ0n) is 19.2. The summed E-state index contributed by atoms with van der Waals surface area (Å²) in [5, 5.41) is 12.1. The molecule has 180 valence electrons. The van der Waals surface area contributed by atoms with E-state index in [0.717, 1.165) is 20.4 Å². The van der Waals surface area contributed by atoms with Crippen molar-refractivity contribution >= 4 is 62.5 Å². The Morgan fingerprint density at radius 2 is 1.67 bits per heavy atom. The number of hydrogen-bond acceptors (Lipinski definition) is 8. The molecule has 0 bridgehead atoms. The molecule has 5 rings (SSSR count). The second-order valence-corrected chi connectivity index (χ2v) is 11.0. The Labute approximate surface area is 220 Å². The summed E-state index contributed by atoms with van der Waals surface area (Å²) >= 11 is 4.58.